The standard InChI is InChI=1S/C17H15ClF3N3O2/c1-10(25)23-12-3-2-4-13(8-12)24-16(26)9-22-15-6-5-11(18)7-14(15)17(19,20)21/h2-8,22H,9H2,1H3,(H,23,25)(H,24,26). The van der Waals surface area contributed by atoms with Crippen LogP contribution < -0.4 is 16.0 Å². The molecule has 0 fully saturated rings. The van der Waals surface area contributed by atoms with E-state index in [4.69, 9.17) is 11.6 Å². The highest BCUT2D eigenvalue weighted by Gasteiger charge is 2.33. The SMILES string of the molecule is CC(=O)Nc1cccc(NC(=O)CNc2ccc(Cl)cc2C(F)(F)F)c1. The Morgan fingerprint density at radius 3 is 2.31 bits per heavy atom. The maximum absolute atomic E-state index is 13.0. The van der Waals surface area contributed by atoms with Gasteiger partial charge in [-0.05, 0) is 36.4 Å². The van der Waals surface area contributed by atoms with Gasteiger partial charge >= 0.3 is 6.18 Å². The van der Waals surface area contributed by atoms with E-state index in [1.165, 1.54) is 19.1 Å². The van der Waals surface area contributed by atoms with Crippen LogP contribution in [0.1, 0.15) is 12.5 Å². The maximum Gasteiger partial charge on any atom is 0.418 e. The Kier molecular flexibility index (Phi) is 6.10. The number of alkyl halides is 3. The number of benzene rings is 2. The summed E-state index contributed by atoms with van der Waals surface area (Å²) in [6, 6.07) is 9.63. The van der Waals surface area contributed by atoms with E-state index in [9.17, 15) is 22.8 Å². The summed E-state index contributed by atoms with van der Waals surface area (Å²) in [4.78, 5) is 23.0. The molecule has 2 amide bonds. The van der Waals surface area contributed by atoms with Crippen molar-refractivity contribution >= 4 is 40.5 Å². The van der Waals surface area contributed by atoms with Crippen molar-refractivity contribution in [1.82, 2.24) is 0 Å². The lowest BCUT2D eigenvalue weighted by atomic mass is 10.1. The summed E-state index contributed by atoms with van der Waals surface area (Å²) in [6.45, 7) is 0.967. The van der Waals surface area contributed by atoms with Crippen molar-refractivity contribution in [2.75, 3.05) is 22.5 Å². The molecule has 26 heavy (non-hydrogen) atoms. The van der Waals surface area contributed by atoms with Gasteiger partial charge in [0.1, 0.15) is 0 Å². The van der Waals surface area contributed by atoms with E-state index in [0.29, 0.717) is 11.4 Å². The van der Waals surface area contributed by atoms with Crippen LogP contribution in [0.15, 0.2) is 42.5 Å². The molecule has 0 radical (unpaired) electrons. The average molecular weight is 386 g/mol. The zero-order valence-corrected chi connectivity index (χ0v) is 14.3. The van der Waals surface area contributed by atoms with Gasteiger partial charge < -0.3 is 16.0 Å². The van der Waals surface area contributed by atoms with Crippen molar-refractivity contribution in [1.29, 1.82) is 0 Å². The van der Waals surface area contributed by atoms with Gasteiger partial charge in [0.25, 0.3) is 0 Å². The average Bonchev–Trinajstić information content (AvgIpc) is 2.52. The Morgan fingerprint density at radius 1 is 1.04 bits per heavy atom. The Hall–Kier alpha value is -2.74. The summed E-state index contributed by atoms with van der Waals surface area (Å²) in [5.74, 6) is -0.814. The highest BCUT2D eigenvalue weighted by atomic mass is 35.5. The van der Waals surface area contributed by atoms with E-state index >= 15 is 0 Å². The van der Waals surface area contributed by atoms with E-state index < -0.39 is 17.6 Å². The van der Waals surface area contributed by atoms with Crippen LogP contribution in [0.5, 0.6) is 0 Å². The number of carbonyl (C=O) groups is 2. The largest absolute Gasteiger partial charge is 0.418 e. The topological polar surface area (TPSA) is 70.2 Å². The minimum Gasteiger partial charge on any atom is -0.376 e. The van der Waals surface area contributed by atoms with Crippen LogP contribution in [0.3, 0.4) is 0 Å². The van der Waals surface area contributed by atoms with E-state index in [1.54, 1.807) is 18.2 Å². The number of nitrogens with one attached hydrogen (secondary N) is 3. The van der Waals surface area contributed by atoms with Gasteiger partial charge in [0.15, 0.2) is 0 Å². The van der Waals surface area contributed by atoms with Gasteiger partial charge in [-0.1, -0.05) is 17.7 Å². The van der Waals surface area contributed by atoms with Gasteiger partial charge in [-0.25, -0.2) is 0 Å². The molecule has 9 heteroatoms. The van der Waals surface area contributed by atoms with E-state index in [0.717, 1.165) is 12.1 Å². The Morgan fingerprint density at radius 2 is 1.69 bits per heavy atom. The number of carbonyl (C=O) groups excluding carboxylic acids is 2. The number of hydrogen-bond acceptors (Lipinski definition) is 3. The van der Waals surface area contributed by atoms with Crippen LogP contribution >= 0.6 is 11.6 Å². The predicted octanol–water partition coefficient (Wildman–Crippen LogP) is 4.37. The fourth-order valence-corrected chi connectivity index (χ4v) is 2.34. The highest BCUT2D eigenvalue weighted by molar-refractivity contribution is 6.30. The fourth-order valence-electron chi connectivity index (χ4n) is 2.16. The van der Waals surface area contributed by atoms with E-state index in [-0.39, 0.29) is 23.2 Å². The number of amides is 2. The van der Waals surface area contributed by atoms with Gasteiger partial charge in [-0.2, -0.15) is 13.2 Å². The molecule has 2 rings (SSSR count). The molecule has 0 saturated carbocycles. The first-order chi connectivity index (χ1) is 12.1. The summed E-state index contributed by atoms with van der Waals surface area (Å²) in [6.07, 6.45) is -4.60. The molecule has 5 nitrogen and oxygen atoms in total. The molecule has 2 aromatic carbocycles. The molecule has 138 valence electrons. The Bertz CT molecular complexity index is 825. The van der Waals surface area contributed by atoms with Gasteiger partial charge in [0.05, 0.1) is 12.1 Å². The normalized spacial score (nSPS) is 11.0. The predicted molar refractivity (Wildman–Crippen MR) is 94.3 cm³/mol. The summed E-state index contributed by atoms with van der Waals surface area (Å²) >= 11 is 5.61. The molecule has 0 aliphatic heterocycles. The van der Waals surface area contributed by atoms with Crippen LogP contribution in [0.25, 0.3) is 0 Å². The summed E-state index contributed by atoms with van der Waals surface area (Å²) in [7, 11) is 0. The van der Waals surface area contributed by atoms with Gasteiger partial charge in [0, 0.05) is 29.0 Å². The van der Waals surface area contributed by atoms with Gasteiger partial charge in [-0.15, -0.1) is 0 Å². The number of anilines is 3. The Balaban J connectivity index is 2.03. The van der Waals surface area contributed by atoms with E-state index in [1.807, 2.05) is 0 Å². The molecule has 0 unspecified atom stereocenters. The molecule has 0 aliphatic carbocycles. The van der Waals surface area contributed by atoms with Gasteiger partial charge in [-0.3, -0.25) is 9.59 Å². The summed E-state index contributed by atoms with van der Waals surface area (Å²) < 4.78 is 39.0. The van der Waals surface area contributed by atoms with Crippen molar-refractivity contribution in [2.45, 2.75) is 13.1 Å². The van der Waals surface area contributed by atoms with Crippen LogP contribution in [0, 0.1) is 0 Å². The molecule has 0 saturated heterocycles. The Labute approximate surface area is 152 Å². The number of halogens is 4. The first-order valence-corrected chi connectivity index (χ1v) is 7.81. The van der Waals surface area contributed by atoms with Crippen LogP contribution in [0.4, 0.5) is 30.2 Å². The van der Waals surface area contributed by atoms with Crippen molar-refractivity contribution in [2.24, 2.45) is 0 Å². The first-order valence-electron chi connectivity index (χ1n) is 7.43. The third-order valence-corrected chi connectivity index (χ3v) is 3.43. The second kappa shape index (κ2) is 8.09. The van der Waals surface area contributed by atoms with Crippen molar-refractivity contribution in [3.8, 4) is 0 Å². The molecular weight excluding hydrogens is 371 g/mol. The lowest BCUT2D eigenvalue weighted by molar-refractivity contribution is -0.137. The molecule has 2 aromatic rings. The quantitative estimate of drug-likeness (QED) is 0.716. The second-order valence-electron chi connectivity index (χ2n) is 5.35. The van der Waals surface area contributed by atoms with Crippen molar-refractivity contribution < 1.29 is 22.8 Å². The van der Waals surface area contributed by atoms with Crippen LogP contribution in [-0.2, 0) is 15.8 Å². The zero-order valence-electron chi connectivity index (χ0n) is 13.6. The minimum atomic E-state index is -4.60. The summed E-state index contributed by atoms with van der Waals surface area (Å²) in [5.41, 5.74) is -0.315. The molecule has 3 N–H and O–H groups in total. The zero-order chi connectivity index (χ0) is 19.3. The highest BCUT2D eigenvalue weighted by Crippen LogP contribution is 2.36. The lowest BCUT2D eigenvalue weighted by Gasteiger charge is -2.15. The molecule has 0 bridgehead atoms. The van der Waals surface area contributed by atoms with Crippen molar-refractivity contribution in [3.05, 3.63) is 53.1 Å². The smallest absolute Gasteiger partial charge is 0.376 e. The van der Waals surface area contributed by atoms with E-state index in [2.05, 4.69) is 16.0 Å². The molecular formula is C17H15ClF3N3O2. The monoisotopic (exact) mass is 385 g/mol. The number of hydrogen-bond donors (Lipinski definition) is 3. The third-order valence-electron chi connectivity index (χ3n) is 3.19. The third kappa shape index (κ3) is 5.66. The van der Waals surface area contributed by atoms with Gasteiger partial charge in [0.2, 0.25) is 11.8 Å². The fraction of sp³-hybridized carbons (Fsp3) is 0.176. The maximum atomic E-state index is 13.0. The molecule has 0 aromatic heterocycles. The molecule has 0 atom stereocenters. The molecule has 0 aliphatic rings. The molecule has 0 spiro atoms. The second-order valence-corrected chi connectivity index (χ2v) is 5.79. The number of rotatable bonds is 5. The summed E-state index contributed by atoms with van der Waals surface area (Å²) in [5, 5.41) is 7.50. The first kappa shape index (κ1) is 19.6. The minimum absolute atomic E-state index is 0.0536. The molecule has 0 heterocycles. The van der Waals surface area contributed by atoms with Crippen LogP contribution in [0.2, 0.25) is 5.02 Å². The van der Waals surface area contributed by atoms with Crippen molar-refractivity contribution in [3.63, 3.8) is 0 Å². The van der Waals surface area contributed by atoms with Crippen LogP contribution in [-0.4, -0.2) is 18.4 Å². The lowest BCUT2D eigenvalue weighted by Crippen LogP contribution is -2.23.